The number of anilines is 4. The molecule has 1 aliphatic rings. The van der Waals surface area contributed by atoms with Crippen LogP contribution < -0.4 is 16.4 Å². The summed E-state index contributed by atoms with van der Waals surface area (Å²) in [6, 6.07) is 13.6. The molecule has 0 unspecified atom stereocenters. The maximum absolute atomic E-state index is 13.3. The normalized spacial score (nSPS) is 12.7. The third-order valence-corrected chi connectivity index (χ3v) is 5.83. The molecule has 0 aromatic heterocycles. The predicted octanol–water partition coefficient (Wildman–Crippen LogP) is 2.99. The summed E-state index contributed by atoms with van der Waals surface area (Å²) in [5.74, 6) is -1.45. The van der Waals surface area contributed by atoms with Crippen LogP contribution in [0.1, 0.15) is 38.8 Å². The Morgan fingerprint density at radius 2 is 1.50 bits per heavy atom. The first kappa shape index (κ1) is 21.2. The van der Waals surface area contributed by atoms with Crippen molar-refractivity contribution in [2.75, 3.05) is 16.4 Å². The quantitative estimate of drug-likeness (QED) is 0.273. The monoisotopic (exact) mass is 451 g/mol. The zero-order valence-electron chi connectivity index (χ0n) is 16.7. The van der Waals surface area contributed by atoms with Crippen molar-refractivity contribution in [3.8, 4) is 0 Å². The van der Waals surface area contributed by atoms with Crippen LogP contribution in [-0.4, -0.2) is 30.4 Å². The summed E-state index contributed by atoms with van der Waals surface area (Å²) in [5, 5.41) is 5.52. The molecule has 0 bridgehead atoms. The fraction of sp³-hybridized carbons (Fsp3) is 0.0455. The lowest BCUT2D eigenvalue weighted by molar-refractivity contribution is -0.114. The second-order valence-electron chi connectivity index (χ2n) is 7.15. The molecule has 0 saturated heterocycles. The fourth-order valence-corrected chi connectivity index (χ4v) is 4.29. The van der Waals surface area contributed by atoms with Gasteiger partial charge in [-0.25, -0.2) is 0 Å². The van der Waals surface area contributed by atoms with Gasteiger partial charge in [0, 0.05) is 29.4 Å². The van der Waals surface area contributed by atoms with Crippen molar-refractivity contribution >= 4 is 50.3 Å². The third kappa shape index (κ3) is 3.61. The zero-order chi connectivity index (χ0) is 23.2. The minimum Gasteiger partial charge on any atom is -0.397 e. The van der Waals surface area contributed by atoms with E-state index in [4.69, 9.17) is 5.73 Å². The number of nitrogen functional groups attached to an aromatic ring is 1. The first-order valence-corrected chi connectivity index (χ1v) is 10.8. The molecule has 0 heterocycles. The zero-order valence-corrected chi connectivity index (χ0v) is 17.5. The summed E-state index contributed by atoms with van der Waals surface area (Å²) in [6.07, 6.45) is 0. The van der Waals surface area contributed by atoms with Crippen LogP contribution in [0.15, 0.2) is 59.5 Å². The van der Waals surface area contributed by atoms with Crippen molar-refractivity contribution in [1.29, 1.82) is 0 Å². The lowest BCUT2D eigenvalue weighted by atomic mass is 9.82. The number of nitrogens with two attached hydrogens (primary N) is 1. The van der Waals surface area contributed by atoms with Gasteiger partial charge in [0.25, 0.3) is 10.1 Å². The van der Waals surface area contributed by atoms with Crippen molar-refractivity contribution in [2.45, 2.75) is 11.8 Å². The van der Waals surface area contributed by atoms with Crippen LogP contribution in [-0.2, 0) is 14.9 Å². The molecule has 0 spiro atoms. The molecule has 0 fully saturated rings. The number of rotatable bonds is 4. The summed E-state index contributed by atoms with van der Waals surface area (Å²) in [4.78, 5) is 37.1. The SMILES string of the molecule is CC(=O)Nc1cccc(Nc2cc(S(=O)(=O)O)c(N)c3c2C(=O)c2ccccc2C3=O)c1. The molecule has 162 valence electrons. The number of hydrogen-bond donors (Lipinski definition) is 4. The van der Waals surface area contributed by atoms with Gasteiger partial charge in [0.2, 0.25) is 5.91 Å². The Morgan fingerprint density at radius 1 is 0.906 bits per heavy atom. The number of hydrogen-bond acceptors (Lipinski definition) is 7. The van der Waals surface area contributed by atoms with Crippen molar-refractivity contribution in [3.05, 3.63) is 76.9 Å². The van der Waals surface area contributed by atoms with E-state index in [9.17, 15) is 27.4 Å². The standard InChI is InChI=1S/C22H17N3O6S/c1-11(26)24-12-5-4-6-13(9-12)25-16-10-17(32(29,30)31)20(23)19-18(16)21(27)14-7-2-3-8-15(14)22(19)28/h2-10,25H,23H2,1H3,(H,24,26)(H,29,30,31). The number of carbonyl (C=O) groups is 3. The van der Waals surface area contributed by atoms with Crippen LogP contribution in [0.5, 0.6) is 0 Å². The van der Waals surface area contributed by atoms with Gasteiger partial charge in [-0.05, 0) is 24.3 Å². The van der Waals surface area contributed by atoms with Crippen molar-refractivity contribution < 1.29 is 27.4 Å². The van der Waals surface area contributed by atoms with Gasteiger partial charge in [0.05, 0.1) is 22.5 Å². The highest BCUT2D eigenvalue weighted by Crippen LogP contribution is 2.40. The summed E-state index contributed by atoms with van der Waals surface area (Å²) in [6.45, 7) is 1.34. The molecule has 3 aromatic rings. The van der Waals surface area contributed by atoms with Crippen LogP contribution in [0.3, 0.4) is 0 Å². The molecular formula is C22H17N3O6S. The average molecular weight is 451 g/mol. The van der Waals surface area contributed by atoms with Crippen LogP contribution in [0, 0.1) is 0 Å². The Labute approximate surface area is 183 Å². The lowest BCUT2D eigenvalue weighted by Gasteiger charge is -2.23. The largest absolute Gasteiger partial charge is 0.397 e. The minimum atomic E-state index is -4.81. The Bertz CT molecular complexity index is 1430. The van der Waals surface area contributed by atoms with Crippen molar-refractivity contribution in [1.82, 2.24) is 0 Å². The molecule has 0 radical (unpaired) electrons. The van der Waals surface area contributed by atoms with Crippen molar-refractivity contribution in [2.24, 2.45) is 0 Å². The summed E-state index contributed by atoms with van der Waals surface area (Å²) < 4.78 is 33.6. The molecule has 10 heteroatoms. The number of amides is 1. The second kappa shape index (κ2) is 7.59. The maximum atomic E-state index is 13.3. The lowest BCUT2D eigenvalue weighted by Crippen LogP contribution is -2.25. The molecule has 0 aliphatic heterocycles. The Kier molecular flexibility index (Phi) is 5.03. The number of fused-ring (bicyclic) bond motifs is 2. The van der Waals surface area contributed by atoms with Gasteiger partial charge < -0.3 is 16.4 Å². The Hall–Kier alpha value is -4.02. The maximum Gasteiger partial charge on any atom is 0.296 e. The first-order chi connectivity index (χ1) is 15.1. The molecule has 32 heavy (non-hydrogen) atoms. The van der Waals surface area contributed by atoms with Crippen LogP contribution >= 0.6 is 0 Å². The summed E-state index contributed by atoms with van der Waals surface area (Å²) in [7, 11) is -4.81. The van der Waals surface area contributed by atoms with E-state index in [2.05, 4.69) is 10.6 Å². The van der Waals surface area contributed by atoms with Crippen molar-refractivity contribution in [3.63, 3.8) is 0 Å². The second-order valence-corrected chi connectivity index (χ2v) is 8.54. The topological polar surface area (TPSA) is 156 Å². The highest BCUT2D eigenvalue weighted by Gasteiger charge is 2.36. The van der Waals surface area contributed by atoms with E-state index in [0.29, 0.717) is 11.4 Å². The Morgan fingerprint density at radius 3 is 2.09 bits per heavy atom. The molecule has 0 atom stereocenters. The van der Waals surface area contributed by atoms with Gasteiger partial charge in [-0.3, -0.25) is 18.9 Å². The third-order valence-electron chi connectivity index (χ3n) is 4.94. The number of benzene rings is 3. The molecule has 1 aliphatic carbocycles. The van der Waals surface area contributed by atoms with E-state index in [1.165, 1.54) is 19.1 Å². The van der Waals surface area contributed by atoms with E-state index in [0.717, 1.165) is 6.07 Å². The molecule has 9 nitrogen and oxygen atoms in total. The highest BCUT2D eigenvalue weighted by atomic mass is 32.2. The first-order valence-electron chi connectivity index (χ1n) is 9.35. The van der Waals surface area contributed by atoms with Gasteiger partial charge in [-0.1, -0.05) is 30.3 Å². The molecular weight excluding hydrogens is 434 g/mol. The van der Waals surface area contributed by atoms with Gasteiger partial charge >= 0.3 is 0 Å². The number of nitrogens with one attached hydrogen (secondary N) is 2. The highest BCUT2D eigenvalue weighted by molar-refractivity contribution is 7.86. The minimum absolute atomic E-state index is 0.0327. The molecule has 3 aromatic carbocycles. The number of carbonyl (C=O) groups excluding carboxylic acids is 3. The average Bonchev–Trinajstić information content (AvgIpc) is 2.72. The summed E-state index contributed by atoms with van der Waals surface area (Å²) >= 11 is 0. The van der Waals surface area contributed by atoms with Gasteiger partial charge in [-0.15, -0.1) is 0 Å². The summed E-state index contributed by atoms with van der Waals surface area (Å²) in [5.41, 5.74) is 6.09. The smallest absolute Gasteiger partial charge is 0.296 e. The predicted molar refractivity (Wildman–Crippen MR) is 118 cm³/mol. The Balaban J connectivity index is 1.95. The number of ketones is 2. The van der Waals surface area contributed by atoms with E-state index in [1.54, 1.807) is 36.4 Å². The molecule has 5 N–H and O–H groups in total. The van der Waals surface area contributed by atoms with Crippen LogP contribution in [0.4, 0.5) is 22.7 Å². The van der Waals surface area contributed by atoms with Gasteiger partial charge in [-0.2, -0.15) is 8.42 Å². The van der Waals surface area contributed by atoms with E-state index in [1.807, 2.05) is 0 Å². The van der Waals surface area contributed by atoms with E-state index in [-0.39, 0.29) is 33.8 Å². The van der Waals surface area contributed by atoms with E-state index < -0.39 is 32.3 Å². The molecule has 4 rings (SSSR count). The van der Waals surface area contributed by atoms with Crippen LogP contribution in [0.25, 0.3) is 0 Å². The molecule has 1 amide bonds. The van der Waals surface area contributed by atoms with Gasteiger partial charge in [0.1, 0.15) is 4.90 Å². The van der Waals surface area contributed by atoms with E-state index >= 15 is 0 Å². The van der Waals surface area contributed by atoms with Gasteiger partial charge in [0.15, 0.2) is 11.6 Å². The molecule has 0 saturated carbocycles. The fourth-order valence-electron chi connectivity index (χ4n) is 3.64. The van der Waals surface area contributed by atoms with Crippen LogP contribution in [0.2, 0.25) is 0 Å².